The maximum atomic E-state index is 12.6. The van der Waals surface area contributed by atoms with Gasteiger partial charge >= 0.3 is 0 Å². The van der Waals surface area contributed by atoms with E-state index in [-0.39, 0.29) is 18.3 Å². The van der Waals surface area contributed by atoms with Crippen LogP contribution < -0.4 is 14.8 Å². The second kappa shape index (κ2) is 11.6. The van der Waals surface area contributed by atoms with Gasteiger partial charge in [-0.3, -0.25) is 9.36 Å². The van der Waals surface area contributed by atoms with E-state index >= 15 is 0 Å². The van der Waals surface area contributed by atoms with E-state index in [1.807, 2.05) is 68.7 Å². The third-order valence-corrected chi connectivity index (χ3v) is 5.91. The standard InChI is InChI=1S/C25H30N4O3S/c1-6-13-29-22(15-32-20-12-11-17(3)14-21(20)31-7-2)27-28-25(29)33-16-23(30)26-24-18(4)9-8-10-19(24)5/h6,8-12,14H,1,7,13,15-16H2,2-5H3,(H,26,30). The number of thioether (sulfide) groups is 1. The number of aromatic nitrogens is 3. The highest BCUT2D eigenvalue weighted by Crippen LogP contribution is 2.29. The molecule has 174 valence electrons. The normalized spacial score (nSPS) is 10.7. The lowest BCUT2D eigenvalue weighted by Gasteiger charge is -2.13. The Morgan fingerprint density at radius 3 is 2.58 bits per heavy atom. The fourth-order valence-electron chi connectivity index (χ4n) is 3.31. The number of nitrogens with zero attached hydrogens (tertiary/aromatic N) is 3. The number of amides is 1. The number of allylic oxidation sites excluding steroid dienone is 1. The molecule has 0 aliphatic rings. The summed E-state index contributed by atoms with van der Waals surface area (Å²) >= 11 is 1.33. The van der Waals surface area contributed by atoms with Gasteiger partial charge in [0, 0.05) is 12.2 Å². The Balaban J connectivity index is 1.67. The highest BCUT2D eigenvalue weighted by Gasteiger charge is 2.16. The largest absolute Gasteiger partial charge is 0.490 e. The second-order valence-corrected chi connectivity index (χ2v) is 8.52. The number of benzene rings is 2. The van der Waals surface area contributed by atoms with E-state index in [0.717, 1.165) is 22.4 Å². The number of para-hydroxylation sites is 1. The smallest absolute Gasteiger partial charge is 0.234 e. The van der Waals surface area contributed by atoms with E-state index in [2.05, 4.69) is 22.1 Å². The first-order valence-corrected chi connectivity index (χ1v) is 11.8. The van der Waals surface area contributed by atoms with Gasteiger partial charge in [-0.25, -0.2) is 0 Å². The van der Waals surface area contributed by atoms with E-state index in [0.29, 0.717) is 35.6 Å². The molecule has 0 bridgehead atoms. The minimum atomic E-state index is -0.0932. The zero-order chi connectivity index (χ0) is 23.8. The Bertz CT molecular complexity index is 1110. The summed E-state index contributed by atoms with van der Waals surface area (Å²) in [6, 6.07) is 11.7. The molecule has 8 heteroatoms. The van der Waals surface area contributed by atoms with Crippen LogP contribution in [0, 0.1) is 20.8 Å². The van der Waals surface area contributed by atoms with Crippen molar-refractivity contribution >= 4 is 23.4 Å². The van der Waals surface area contributed by atoms with Gasteiger partial charge in [-0.1, -0.05) is 42.1 Å². The summed E-state index contributed by atoms with van der Waals surface area (Å²) in [5.74, 6) is 2.12. The zero-order valence-corrected chi connectivity index (χ0v) is 20.4. The number of ether oxygens (including phenoxy) is 2. The second-order valence-electron chi connectivity index (χ2n) is 7.57. The molecule has 0 aliphatic carbocycles. The van der Waals surface area contributed by atoms with Gasteiger partial charge < -0.3 is 14.8 Å². The molecule has 0 aliphatic heterocycles. The van der Waals surface area contributed by atoms with Crippen molar-refractivity contribution in [2.45, 2.75) is 46.0 Å². The van der Waals surface area contributed by atoms with E-state index < -0.39 is 0 Å². The molecule has 1 N–H and O–H groups in total. The fourth-order valence-corrected chi connectivity index (χ4v) is 4.07. The maximum Gasteiger partial charge on any atom is 0.234 e. The predicted octanol–water partition coefficient (Wildman–Crippen LogP) is 5.10. The van der Waals surface area contributed by atoms with Gasteiger partial charge in [0.1, 0.15) is 6.61 Å². The molecular weight excluding hydrogens is 436 g/mol. The van der Waals surface area contributed by atoms with Crippen molar-refractivity contribution in [3.63, 3.8) is 0 Å². The molecule has 0 saturated carbocycles. The zero-order valence-electron chi connectivity index (χ0n) is 19.6. The van der Waals surface area contributed by atoms with Gasteiger partial charge in [0.2, 0.25) is 5.91 Å². The quantitative estimate of drug-likeness (QED) is 0.313. The van der Waals surface area contributed by atoms with Crippen LogP contribution in [-0.4, -0.2) is 33.0 Å². The molecule has 0 radical (unpaired) electrons. The molecule has 1 aromatic heterocycles. The lowest BCUT2D eigenvalue weighted by molar-refractivity contribution is -0.113. The minimum Gasteiger partial charge on any atom is -0.490 e. The summed E-state index contributed by atoms with van der Waals surface area (Å²) in [6.45, 7) is 13.0. The lowest BCUT2D eigenvalue weighted by Crippen LogP contribution is -2.16. The number of hydrogen-bond donors (Lipinski definition) is 1. The first-order valence-electron chi connectivity index (χ1n) is 10.8. The Morgan fingerprint density at radius 1 is 1.12 bits per heavy atom. The summed E-state index contributed by atoms with van der Waals surface area (Å²) in [4.78, 5) is 12.6. The molecule has 0 atom stereocenters. The molecule has 0 fully saturated rings. The predicted molar refractivity (Wildman–Crippen MR) is 132 cm³/mol. The van der Waals surface area contributed by atoms with Crippen LogP contribution in [0.15, 0.2) is 54.2 Å². The molecule has 1 amide bonds. The van der Waals surface area contributed by atoms with Crippen LogP contribution >= 0.6 is 11.8 Å². The van der Waals surface area contributed by atoms with Gasteiger partial charge in [-0.15, -0.1) is 16.8 Å². The van der Waals surface area contributed by atoms with E-state index in [1.54, 1.807) is 6.08 Å². The van der Waals surface area contributed by atoms with Gasteiger partial charge in [-0.2, -0.15) is 0 Å². The van der Waals surface area contributed by atoms with Crippen LogP contribution in [0.3, 0.4) is 0 Å². The first kappa shape index (κ1) is 24.4. The van der Waals surface area contributed by atoms with Crippen molar-refractivity contribution in [2.24, 2.45) is 0 Å². The SMILES string of the molecule is C=CCn1c(COc2ccc(C)cc2OCC)nnc1SCC(=O)Nc1c(C)cccc1C. The average molecular weight is 467 g/mol. The number of nitrogens with one attached hydrogen (secondary N) is 1. The molecular formula is C25H30N4O3S. The topological polar surface area (TPSA) is 78.3 Å². The summed E-state index contributed by atoms with van der Waals surface area (Å²) in [6.07, 6.45) is 1.77. The highest BCUT2D eigenvalue weighted by molar-refractivity contribution is 7.99. The third-order valence-electron chi connectivity index (χ3n) is 4.94. The van der Waals surface area contributed by atoms with Crippen LogP contribution in [0.25, 0.3) is 0 Å². The Hall–Kier alpha value is -3.26. The summed E-state index contributed by atoms with van der Waals surface area (Å²) in [5, 5.41) is 12.2. The van der Waals surface area contributed by atoms with Crippen molar-refractivity contribution in [3.8, 4) is 11.5 Å². The molecule has 7 nitrogen and oxygen atoms in total. The third kappa shape index (κ3) is 6.38. The molecule has 1 heterocycles. The minimum absolute atomic E-state index is 0.0932. The Labute approximate surface area is 199 Å². The highest BCUT2D eigenvalue weighted by atomic mass is 32.2. The number of aryl methyl sites for hydroxylation is 3. The number of hydrogen-bond acceptors (Lipinski definition) is 6. The summed E-state index contributed by atoms with van der Waals surface area (Å²) < 4.78 is 13.6. The van der Waals surface area contributed by atoms with E-state index in [4.69, 9.17) is 9.47 Å². The van der Waals surface area contributed by atoms with Gasteiger partial charge in [0.15, 0.2) is 22.5 Å². The van der Waals surface area contributed by atoms with Crippen LogP contribution in [0.1, 0.15) is 29.4 Å². The van der Waals surface area contributed by atoms with Crippen molar-refractivity contribution in [3.05, 3.63) is 71.6 Å². The monoisotopic (exact) mass is 466 g/mol. The summed E-state index contributed by atoms with van der Waals surface area (Å²) in [5.41, 5.74) is 4.02. The van der Waals surface area contributed by atoms with Crippen molar-refractivity contribution in [1.29, 1.82) is 0 Å². The van der Waals surface area contributed by atoms with Crippen LogP contribution in [-0.2, 0) is 17.9 Å². The van der Waals surface area contributed by atoms with Crippen molar-refractivity contribution in [2.75, 3.05) is 17.7 Å². The van der Waals surface area contributed by atoms with E-state index in [1.165, 1.54) is 11.8 Å². The van der Waals surface area contributed by atoms with Gasteiger partial charge in [0.05, 0.1) is 12.4 Å². The number of rotatable bonds is 11. The molecule has 0 unspecified atom stereocenters. The Kier molecular flexibility index (Phi) is 8.54. The molecule has 3 aromatic rings. The maximum absolute atomic E-state index is 12.6. The van der Waals surface area contributed by atoms with Crippen LogP contribution in [0.2, 0.25) is 0 Å². The lowest BCUT2D eigenvalue weighted by atomic mass is 10.1. The fraction of sp³-hybridized carbons (Fsp3) is 0.320. The molecule has 2 aromatic carbocycles. The molecule has 33 heavy (non-hydrogen) atoms. The molecule has 0 saturated heterocycles. The molecule has 3 rings (SSSR count). The number of carbonyl (C=O) groups is 1. The van der Waals surface area contributed by atoms with Crippen molar-refractivity contribution in [1.82, 2.24) is 14.8 Å². The van der Waals surface area contributed by atoms with Crippen LogP contribution in [0.5, 0.6) is 11.5 Å². The Morgan fingerprint density at radius 2 is 1.88 bits per heavy atom. The first-order chi connectivity index (χ1) is 15.9. The molecule has 0 spiro atoms. The van der Waals surface area contributed by atoms with Gasteiger partial charge in [-0.05, 0) is 56.5 Å². The van der Waals surface area contributed by atoms with Crippen molar-refractivity contribution < 1.29 is 14.3 Å². The van der Waals surface area contributed by atoms with Crippen LogP contribution in [0.4, 0.5) is 5.69 Å². The summed E-state index contributed by atoms with van der Waals surface area (Å²) in [7, 11) is 0. The average Bonchev–Trinajstić information content (AvgIpc) is 3.16. The number of anilines is 1. The number of carbonyl (C=O) groups excluding carboxylic acids is 1. The van der Waals surface area contributed by atoms with Gasteiger partial charge in [0.25, 0.3) is 0 Å². The van der Waals surface area contributed by atoms with E-state index in [9.17, 15) is 4.79 Å².